The minimum Gasteiger partial charge on any atom is -0.363 e. The van der Waals surface area contributed by atoms with Gasteiger partial charge in [-0.05, 0) is 61.5 Å². The van der Waals surface area contributed by atoms with Crippen molar-refractivity contribution in [1.82, 2.24) is 15.0 Å². The molecular formula is C24H26F4N6S. The normalized spacial score (nSPS) is 14.5. The molecule has 2 aromatic heterocycles. The van der Waals surface area contributed by atoms with E-state index >= 15 is 4.39 Å². The van der Waals surface area contributed by atoms with E-state index in [1.54, 1.807) is 4.90 Å². The predicted octanol–water partition coefficient (Wildman–Crippen LogP) is 6.28. The molecule has 11 heteroatoms. The molecule has 0 aliphatic heterocycles. The third-order valence-corrected chi connectivity index (χ3v) is 6.13. The first-order valence-corrected chi connectivity index (χ1v) is 12.1. The Balaban J connectivity index is 1.44. The molecule has 1 atom stereocenters. The fraction of sp³-hybridized carbons (Fsp3) is 0.375. The molecule has 1 aliphatic carbocycles. The number of nitrogens with one attached hydrogen (secondary N) is 2. The van der Waals surface area contributed by atoms with Crippen molar-refractivity contribution >= 4 is 29.3 Å². The standard InChI is InChI=1S/C24H26F4N6S/c1-15(25)35-33-18-6-3-16(4-7-18)11-30-22-21(26)23(32-14-31-22)34(20-9-10-20)13-19-8-5-17(12-29-19)24(2,27)28/h3-8,12,14-15,20,33H,9-11,13H2,1-2H3,(H,30,31,32). The minimum atomic E-state index is -2.97. The summed E-state index contributed by atoms with van der Waals surface area (Å²) in [4.78, 5) is 14.2. The molecule has 1 aromatic carbocycles. The van der Waals surface area contributed by atoms with Crippen molar-refractivity contribution < 1.29 is 17.6 Å². The largest absolute Gasteiger partial charge is 0.363 e. The van der Waals surface area contributed by atoms with E-state index in [4.69, 9.17) is 0 Å². The summed E-state index contributed by atoms with van der Waals surface area (Å²) < 4.78 is 58.2. The molecule has 0 bridgehead atoms. The third kappa shape index (κ3) is 6.74. The van der Waals surface area contributed by atoms with Gasteiger partial charge in [-0.25, -0.2) is 23.1 Å². The monoisotopic (exact) mass is 506 g/mol. The van der Waals surface area contributed by atoms with Gasteiger partial charge in [-0.15, -0.1) is 0 Å². The molecule has 1 aliphatic rings. The van der Waals surface area contributed by atoms with Crippen LogP contribution >= 0.6 is 11.9 Å². The van der Waals surface area contributed by atoms with E-state index in [0.29, 0.717) is 12.2 Å². The summed E-state index contributed by atoms with van der Waals surface area (Å²) in [5.74, 6) is -3.33. The van der Waals surface area contributed by atoms with E-state index in [1.807, 2.05) is 24.3 Å². The lowest BCUT2D eigenvalue weighted by Gasteiger charge is -2.24. The quantitative estimate of drug-likeness (QED) is 0.234. The number of aromatic nitrogens is 3. The van der Waals surface area contributed by atoms with Gasteiger partial charge < -0.3 is 14.9 Å². The Kier molecular flexibility index (Phi) is 7.63. The Morgan fingerprint density at radius 3 is 2.46 bits per heavy atom. The number of alkyl halides is 3. The van der Waals surface area contributed by atoms with Gasteiger partial charge in [0.05, 0.1) is 12.2 Å². The lowest BCUT2D eigenvalue weighted by Crippen LogP contribution is -2.28. The average molecular weight is 507 g/mol. The van der Waals surface area contributed by atoms with Crippen LogP contribution in [-0.2, 0) is 19.0 Å². The van der Waals surface area contributed by atoms with E-state index in [-0.39, 0.29) is 29.8 Å². The van der Waals surface area contributed by atoms with Crippen LogP contribution in [0.3, 0.4) is 0 Å². The average Bonchev–Trinajstić information content (AvgIpc) is 3.67. The lowest BCUT2D eigenvalue weighted by molar-refractivity contribution is 0.0171. The highest BCUT2D eigenvalue weighted by atomic mass is 32.2. The molecular weight excluding hydrogens is 480 g/mol. The van der Waals surface area contributed by atoms with Gasteiger partial charge in [-0.2, -0.15) is 4.39 Å². The van der Waals surface area contributed by atoms with Crippen molar-refractivity contribution in [1.29, 1.82) is 0 Å². The van der Waals surface area contributed by atoms with Gasteiger partial charge in [0.2, 0.25) is 5.82 Å². The minimum absolute atomic E-state index is 0.0681. The molecule has 2 heterocycles. The fourth-order valence-corrected chi connectivity index (χ4v) is 3.86. The van der Waals surface area contributed by atoms with Crippen LogP contribution in [0.25, 0.3) is 0 Å². The Bertz CT molecular complexity index is 1120. The molecule has 1 unspecified atom stereocenters. The topological polar surface area (TPSA) is 66.0 Å². The summed E-state index contributed by atoms with van der Waals surface area (Å²) in [5, 5.41) is 3.00. The number of nitrogens with zero attached hydrogens (tertiary/aromatic N) is 4. The van der Waals surface area contributed by atoms with E-state index in [0.717, 1.165) is 49.2 Å². The van der Waals surface area contributed by atoms with Crippen molar-refractivity contribution in [3.63, 3.8) is 0 Å². The fourth-order valence-electron chi connectivity index (χ4n) is 3.43. The second kappa shape index (κ2) is 10.7. The highest BCUT2D eigenvalue weighted by molar-refractivity contribution is 8.01. The second-order valence-electron chi connectivity index (χ2n) is 8.46. The van der Waals surface area contributed by atoms with Crippen LogP contribution in [0.5, 0.6) is 0 Å². The molecule has 0 radical (unpaired) electrons. The van der Waals surface area contributed by atoms with Crippen molar-refractivity contribution in [2.45, 2.75) is 57.2 Å². The SMILES string of the molecule is CC(F)SNc1ccc(CNc2ncnc(N(Cc3ccc(C(C)(F)F)cn3)C3CC3)c2F)cc1. The number of hydrogen-bond donors (Lipinski definition) is 2. The molecule has 0 amide bonds. The molecule has 0 spiro atoms. The van der Waals surface area contributed by atoms with Crippen LogP contribution in [-0.4, -0.2) is 26.5 Å². The van der Waals surface area contributed by atoms with Gasteiger partial charge in [0.25, 0.3) is 5.92 Å². The Morgan fingerprint density at radius 2 is 1.86 bits per heavy atom. The maximum atomic E-state index is 15.4. The van der Waals surface area contributed by atoms with Crippen LogP contribution in [0, 0.1) is 5.82 Å². The third-order valence-electron chi connectivity index (χ3n) is 5.45. The number of pyridine rings is 1. The molecule has 35 heavy (non-hydrogen) atoms. The summed E-state index contributed by atoms with van der Waals surface area (Å²) in [5.41, 5.74) is 1.01. The molecule has 3 aromatic rings. The van der Waals surface area contributed by atoms with Crippen molar-refractivity contribution in [2.75, 3.05) is 14.9 Å². The number of rotatable bonds is 11. The zero-order valence-electron chi connectivity index (χ0n) is 19.3. The summed E-state index contributed by atoms with van der Waals surface area (Å²) in [6.45, 7) is 2.85. The zero-order valence-corrected chi connectivity index (χ0v) is 20.1. The van der Waals surface area contributed by atoms with Crippen LogP contribution in [0.15, 0.2) is 48.9 Å². The Morgan fingerprint density at radius 1 is 1.11 bits per heavy atom. The number of hydrogen-bond acceptors (Lipinski definition) is 7. The van der Waals surface area contributed by atoms with Gasteiger partial charge in [0.15, 0.2) is 17.1 Å². The van der Waals surface area contributed by atoms with Gasteiger partial charge in [0.1, 0.15) is 6.33 Å². The first-order chi connectivity index (χ1) is 16.7. The first-order valence-electron chi connectivity index (χ1n) is 11.2. The number of halogens is 4. The van der Waals surface area contributed by atoms with Crippen molar-refractivity contribution in [3.8, 4) is 0 Å². The van der Waals surface area contributed by atoms with E-state index in [1.165, 1.54) is 25.4 Å². The Labute approximate surface area is 205 Å². The van der Waals surface area contributed by atoms with Crippen LogP contribution in [0.1, 0.15) is 43.5 Å². The van der Waals surface area contributed by atoms with Crippen molar-refractivity contribution in [2.24, 2.45) is 0 Å². The lowest BCUT2D eigenvalue weighted by atomic mass is 10.1. The van der Waals surface area contributed by atoms with Gasteiger partial charge in [0, 0.05) is 37.0 Å². The van der Waals surface area contributed by atoms with E-state index in [2.05, 4.69) is 25.0 Å². The summed E-state index contributed by atoms with van der Waals surface area (Å²) in [7, 11) is 0. The summed E-state index contributed by atoms with van der Waals surface area (Å²) >= 11 is 0.975. The van der Waals surface area contributed by atoms with Gasteiger partial charge in [-0.1, -0.05) is 12.1 Å². The molecule has 186 valence electrons. The highest BCUT2D eigenvalue weighted by Crippen LogP contribution is 2.35. The maximum absolute atomic E-state index is 15.4. The molecule has 2 N–H and O–H groups in total. The molecule has 6 nitrogen and oxygen atoms in total. The van der Waals surface area contributed by atoms with Gasteiger partial charge in [-0.3, -0.25) is 4.98 Å². The molecule has 1 saturated carbocycles. The second-order valence-corrected chi connectivity index (χ2v) is 9.55. The molecule has 1 fully saturated rings. The Hall–Kier alpha value is -3.08. The van der Waals surface area contributed by atoms with Gasteiger partial charge >= 0.3 is 0 Å². The smallest absolute Gasteiger partial charge is 0.272 e. The van der Waals surface area contributed by atoms with E-state index in [9.17, 15) is 13.2 Å². The highest BCUT2D eigenvalue weighted by Gasteiger charge is 2.33. The van der Waals surface area contributed by atoms with Crippen molar-refractivity contribution in [3.05, 3.63) is 71.6 Å². The van der Waals surface area contributed by atoms with Crippen LogP contribution in [0.2, 0.25) is 0 Å². The summed E-state index contributed by atoms with van der Waals surface area (Å²) in [6, 6.07) is 10.3. The maximum Gasteiger partial charge on any atom is 0.272 e. The first kappa shape index (κ1) is 25.0. The van der Waals surface area contributed by atoms with Crippen LogP contribution < -0.4 is 14.9 Å². The van der Waals surface area contributed by atoms with E-state index < -0.39 is 17.2 Å². The molecule has 0 saturated heterocycles. The van der Waals surface area contributed by atoms with Crippen LogP contribution in [0.4, 0.5) is 34.9 Å². The molecule has 4 rings (SSSR count). The number of benzene rings is 1. The summed E-state index contributed by atoms with van der Waals surface area (Å²) in [6.07, 6.45) is 4.22. The zero-order chi connectivity index (χ0) is 25.0. The predicted molar refractivity (Wildman–Crippen MR) is 131 cm³/mol. The number of anilines is 3.